The molecule has 8 heteroatoms. The number of aliphatic hydroxyl groups is 2. The van der Waals surface area contributed by atoms with Crippen LogP contribution in [0.3, 0.4) is 0 Å². The average Bonchev–Trinajstić information content (AvgIpc) is 3.21. The number of halogens is 3. The Kier molecular flexibility index (Phi) is 5.11. The summed E-state index contributed by atoms with van der Waals surface area (Å²) < 4.78 is 36.8. The molecule has 0 aromatic rings. The average molecular weight is 310 g/mol. The second kappa shape index (κ2) is 6.50. The molecule has 2 fully saturated rings. The Bertz CT molecular complexity index is 366. The van der Waals surface area contributed by atoms with Gasteiger partial charge in [-0.3, -0.25) is 4.79 Å². The van der Waals surface area contributed by atoms with Crippen LogP contribution in [-0.4, -0.2) is 65.1 Å². The number of hydrogen-bond acceptors (Lipinski definition) is 4. The molecule has 1 saturated carbocycles. The Morgan fingerprint density at radius 3 is 2.24 bits per heavy atom. The van der Waals surface area contributed by atoms with Gasteiger partial charge in [0.15, 0.2) is 6.10 Å². The van der Waals surface area contributed by atoms with Crippen LogP contribution in [-0.2, 0) is 4.79 Å². The van der Waals surface area contributed by atoms with E-state index in [0.29, 0.717) is 25.9 Å². The maximum absolute atomic E-state index is 12.3. The first-order valence-corrected chi connectivity index (χ1v) is 7.23. The fourth-order valence-corrected chi connectivity index (χ4v) is 2.53. The molecule has 21 heavy (non-hydrogen) atoms. The van der Waals surface area contributed by atoms with Crippen molar-refractivity contribution in [3.8, 4) is 0 Å². The molecular formula is C13H21F3N2O3. The SMILES string of the molecule is O=C(NC1CC1)[C@@H](O)C1CCN(C[C@@H](O)C(F)(F)F)CC1. The highest BCUT2D eigenvalue weighted by molar-refractivity contribution is 5.81. The van der Waals surface area contributed by atoms with Crippen molar-refractivity contribution >= 4 is 5.91 Å². The minimum atomic E-state index is -4.61. The first-order valence-electron chi connectivity index (χ1n) is 7.23. The lowest BCUT2D eigenvalue weighted by Gasteiger charge is -2.34. The van der Waals surface area contributed by atoms with E-state index in [1.807, 2.05) is 0 Å². The highest BCUT2D eigenvalue weighted by Crippen LogP contribution is 2.25. The molecule has 0 aromatic carbocycles. The largest absolute Gasteiger partial charge is 0.415 e. The lowest BCUT2D eigenvalue weighted by Crippen LogP contribution is -2.48. The molecule has 122 valence electrons. The zero-order valence-corrected chi connectivity index (χ0v) is 11.6. The smallest absolute Gasteiger partial charge is 0.383 e. The highest BCUT2D eigenvalue weighted by Gasteiger charge is 2.40. The van der Waals surface area contributed by atoms with Gasteiger partial charge in [-0.2, -0.15) is 13.2 Å². The topological polar surface area (TPSA) is 72.8 Å². The molecule has 5 nitrogen and oxygen atoms in total. The Balaban J connectivity index is 1.73. The van der Waals surface area contributed by atoms with Gasteiger partial charge >= 0.3 is 6.18 Å². The number of hydrogen-bond donors (Lipinski definition) is 3. The van der Waals surface area contributed by atoms with Gasteiger partial charge in [-0.15, -0.1) is 0 Å². The van der Waals surface area contributed by atoms with Crippen molar-refractivity contribution in [3.05, 3.63) is 0 Å². The van der Waals surface area contributed by atoms with E-state index < -0.39 is 24.9 Å². The molecule has 1 aliphatic carbocycles. The van der Waals surface area contributed by atoms with Crippen LogP contribution in [0.5, 0.6) is 0 Å². The number of piperidine rings is 1. The van der Waals surface area contributed by atoms with Gasteiger partial charge in [0.2, 0.25) is 5.91 Å². The normalized spacial score (nSPS) is 24.6. The fraction of sp³-hybridized carbons (Fsp3) is 0.923. The van der Waals surface area contributed by atoms with E-state index in [0.717, 1.165) is 12.8 Å². The molecule has 3 N–H and O–H groups in total. The molecule has 1 heterocycles. The summed E-state index contributed by atoms with van der Waals surface area (Å²) >= 11 is 0. The van der Waals surface area contributed by atoms with Gasteiger partial charge in [-0.1, -0.05) is 0 Å². The molecule has 2 rings (SSSR count). The van der Waals surface area contributed by atoms with Gasteiger partial charge in [-0.05, 0) is 44.7 Å². The van der Waals surface area contributed by atoms with Gasteiger partial charge in [-0.25, -0.2) is 0 Å². The van der Waals surface area contributed by atoms with E-state index in [4.69, 9.17) is 5.11 Å². The predicted molar refractivity (Wildman–Crippen MR) is 68.4 cm³/mol. The minimum absolute atomic E-state index is 0.175. The number of aliphatic hydroxyl groups excluding tert-OH is 2. The Morgan fingerprint density at radius 1 is 1.19 bits per heavy atom. The second-order valence-corrected chi connectivity index (χ2v) is 5.92. The third-order valence-corrected chi connectivity index (χ3v) is 4.08. The highest BCUT2D eigenvalue weighted by atomic mass is 19.4. The van der Waals surface area contributed by atoms with E-state index in [-0.39, 0.29) is 17.9 Å². The molecule has 2 aliphatic rings. The molecule has 0 unspecified atom stereocenters. The lowest BCUT2D eigenvalue weighted by atomic mass is 9.90. The van der Waals surface area contributed by atoms with E-state index >= 15 is 0 Å². The first-order chi connectivity index (χ1) is 9.77. The lowest BCUT2D eigenvalue weighted by molar-refractivity contribution is -0.209. The van der Waals surface area contributed by atoms with Gasteiger partial charge in [0, 0.05) is 12.6 Å². The summed E-state index contributed by atoms with van der Waals surface area (Å²) in [6, 6.07) is 0.175. The molecule has 1 aliphatic heterocycles. The Hall–Kier alpha value is -0.860. The quantitative estimate of drug-likeness (QED) is 0.681. The fourth-order valence-electron chi connectivity index (χ4n) is 2.53. The molecule has 1 saturated heterocycles. The molecule has 0 aromatic heterocycles. The Morgan fingerprint density at radius 2 is 1.76 bits per heavy atom. The molecule has 0 radical (unpaired) electrons. The number of nitrogens with zero attached hydrogens (tertiary/aromatic N) is 1. The zero-order chi connectivity index (χ0) is 15.6. The van der Waals surface area contributed by atoms with Crippen molar-refractivity contribution in [1.29, 1.82) is 0 Å². The van der Waals surface area contributed by atoms with Crippen LogP contribution < -0.4 is 5.32 Å². The van der Waals surface area contributed by atoms with Crippen molar-refractivity contribution in [1.82, 2.24) is 10.2 Å². The summed E-state index contributed by atoms with van der Waals surface area (Å²) in [6.07, 6.45) is -5.29. The zero-order valence-electron chi connectivity index (χ0n) is 11.6. The van der Waals surface area contributed by atoms with Crippen LogP contribution >= 0.6 is 0 Å². The Labute approximate surface area is 121 Å². The maximum atomic E-state index is 12.3. The first kappa shape index (κ1) is 16.5. The van der Waals surface area contributed by atoms with Gasteiger partial charge in [0.25, 0.3) is 0 Å². The minimum Gasteiger partial charge on any atom is -0.383 e. The van der Waals surface area contributed by atoms with Crippen LogP contribution in [0.15, 0.2) is 0 Å². The number of carbonyl (C=O) groups is 1. The summed E-state index contributed by atoms with van der Waals surface area (Å²) in [5, 5.41) is 21.7. The maximum Gasteiger partial charge on any atom is 0.415 e. The third kappa shape index (κ3) is 4.82. The van der Waals surface area contributed by atoms with Gasteiger partial charge < -0.3 is 20.4 Å². The number of alkyl halides is 3. The summed E-state index contributed by atoms with van der Waals surface area (Å²) in [4.78, 5) is 13.2. The van der Waals surface area contributed by atoms with E-state index in [1.54, 1.807) is 0 Å². The summed E-state index contributed by atoms with van der Waals surface area (Å²) in [5.74, 6) is -0.616. The van der Waals surface area contributed by atoms with Crippen LogP contribution in [0.1, 0.15) is 25.7 Å². The second-order valence-electron chi connectivity index (χ2n) is 5.92. The molecule has 1 amide bonds. The van der Waals surface area contributed by atoms with Crippen molar-refractivity contribution in [2.24, 2.45) is 5.92 Å². The van der Waals surface area contributed by atoms with Crippen LogP contribution in [0.25, 0.3) is 0 Å². The van der Waals surface area contributed by atoms with Crippen LogP contribution in [0.4, 0.5) is 13.2 Å². The number of β-amino-alcohol motifs (C(OH)–C–C–N with tert-alkyl or cyclic N) is 1. The van der Waals surface area contributed by atoms with Crippen LogP contribution in [0.2, 0.25) is 0 Å². The van der Waals surface area contributed by atoms with E-state index in [2.05, 4.69) is 5.32 Å². The third-order valence-electron chi connectivity index (χ3n) is 4.08. The number of nitrogens with one attached hydrogen (secondary N) is 1. The monoisotopic (exact) mass is 310 g/mol. The van der Waals surface area contributed by atoms with Gasteiger partial charge in [0.05, 0.1) is 0 Å². The number of likely N-dealkylation sites (tertiary alicyclic amines) is 1. The summed E-state index contributed by atoms with van der Waals surface area (Å²) in [7, 11) is 0. The number of carbonyl (C=O) groups excluding carboxylic acids is 1. The van der Waals surface area contributed by atoms with Crippen molar-refractivity contribution in [2.45, 2.75) is 50.1 Å². The number of amides is 1. The van der Waals surface area contributed by atoms with Crippen LogP contribution in [0, 0.1) is 5.92 Å². The molecule has 0 bridgehead atoms. The standard InChI is InChI=1S/C13H21F3N2O3/c14-13(15,16)10(19)7-18-5-3-8(4-6-18)11(20)12(21)17-9-1-2-9/h8-11,19-20H,1-7H2,(H,17,21)/t10-,11+/m1/s1. The number of rotatable bonds is 5. The van der Waals surface area contributed by atoms with Gasteiger partial charge in [0.1, 0.15) is 6.10 Å². The van der Waals surface area contributed by atoms with Crippen molar-refractivity contribution < 1.29 is 28.2 Å². The van der Waals surface area contributed by atoms with E-state index in [9.17, 15) is 23.1 Å². The molecule has 0 spiro atoms. The summed E-state index contributed by atoms with van der Waals surface area (Å²) in [6.45, 7) is 0.220. The van der Waals surface area contributed by atoms with Crippen molar-refractivity contribution in [3.63, 3.8) is 0 Å². The van der Waals surface area contributed by atoms with Crippen molar-refractivity contribution in [2.75, 3.05) is 19.6 Å². The predicted octanol–water partition coefficient (Wildman–Crippen LogP) is 0.261. The molecular weight excluding hydrogens is 289 g/mol. The van der Waals surface area contributed by atoms with E-state index in [1.165, 1.54) is 4.90 Å². The summed E-state index contributed by atoms with van der Waals surface area (Å²) in [5.41, 5.74) is 0. The molecule has 2 atom stereocenters.